The molecule has 0 saturated carbocycles. The van der Waals surface area contributed by atoms with Crippen LogP contribution in [0.3, 0.4) is 0 Å². The van der Waals surface area contributed by atoms with Crippen molar-refractivity contribution in [1.29, 1.82) is 0 Å². The van der Waals surface area contributed by atoms with Crippen molar-refractivity contribution in [2.45, 2.75) is 19.5 Å². The summed E-state index contributed by atoms with van der Waals surface area (Å²) in [5, 5.41) is 2.93. The first-order chi connectivity index (χ1) is 7.15. The molecule has 0 radical (unpaired) electrons. The summed E-state index contributed by atoms with van der Waals surface area (Å²) in [5.74, 6) is 0.0920. The van der Waals surface area contributed by atoms with Gasteiger partial charge in [0.05, 0.1) is 6.04 Å². The molecule has 1 atom stereocenters. The van der Waals surface area contributed by atoms with E-state index in [1.165, 1.54) is 0 Å². The SMILES string of the molecule is CNC(C)C(=O)N(C)Cc1ccncc1. The highest BCUT2D eigenvalue weighted by Gasteiger charge is 2.15. The third-order valence-corrected chi connectivity index (χ3v) is 2.35. The molecule has 1 rings (SSSR count). The lowest BCUT2D eigenvalue weighted by Gasteiger charge is -2.20. The summed E-state index contributed by atoms with van der Waals surface area (Å²) >= 11 is 0. The average Bonchev–Trinajstić information content (AvgIpc) is 2.28. The summed E-state index contributed by atoms with van der Waals surface area (Å²) in [5.41, 5.74) is 1.09. The molecule has 4 heteroatoms. The van der Waals surface area contributed by atoms with Crippen LogP contribution in [0.1, 0.15) is 12.5 Å². The van der Waals surface area contributed by atoms with Crippen LogP contribution in [0.4, 0.5) is 0 Å². The fourth-order valence-electron chi connectivity index (χ4n) is 1.29. The fraction of sp³-hybridized carbons (Fsp3) is 0.455. The smallest absolute Gasteiger partial charge is 0.239 e. The second kappa shape index (κ2) is 5.46. The Hall–Kier alpha value is -1.42. The van der Waals surface area contributed by atoms with Crippen LogP contribution in [0, 0.1) is 0 Å². The molecule has 82 valence electrons. The van der Waals surface area contributed by atoms with E-state index in [1.54, 1.807) is 31.4 Å². The van der Waals surface area contributed by atoms with Gasteiger partial charge in [-0.1, -0.05) is 0 Å². The number of hydrogen-bond donors (Lipinski definition) is 1. The monoisotopic (exact) mass is 207 g/mol. The van der Waals surface area contributed by atoms with Crippen LogP contribution >= 0.6 is 0 Å². The lowest BCUT2D eigenvalue weighted by molar-refractivity contribution is -0.132. The Balaban J connectivity index is 2.56. The van der Waals surface area contributed by atoms with E-state index in [-0.39, 0.29) is 11.9 Å². The summed E-state index contributed by atoms with van der Waals surface area (Å²) in [6.07, 6.45) is 3.46. The number of amides is 1. The van der Waals surface area contributed by atoms with E-state index < -0.39 is 0 Å². The number of pyridine rings is 1. The quantitative estimate of drug-likeness (QED) is 0.788. The summed E-state index contributed by atoms with van der Waals surface area (Å²) < 4.78 is 0. The molecule has 0 bridgehead atoms. The summed E-state index contributed by atoms with van der Waals surface area (Å²) in [7, 11) is 3.58. The topological polar surface area (TPSA) is 45.2 Å². The van der Waals surface area contributed by atoms with Crippen molar-refractivity contribution < 1.29 is 4.79 Å². The number of rotatable bonds is 4. The molecule has 1 N–H and O–H groups in total. The van der Waals surface area contributed by atoms with Crippen molar-refractivity contribution in [1.82, 2.24) is 15.2 Å². The molecule has 1 unspecified atom stereocenters. The highest BCUT2D eigenvalue weighted by Crippen LogP contribution is 2.02. The number of aromatic nitrogens is 1. The Labute approximate surface area is 90.3 Å². The number of carbonyl (C=O) groups is 1. The normalized spacial score (nSPS) is 12.2. The van der Waals surface area contributed by atoms with Crippen LogP contribution in [-0.2, 0) is 11.3 Å². The fourth-order valence-corrected chi connectivity index (χ4v) is 1.29. The van der Waals surface area contributed by atoms with Gasteiger partial charge in [-0.25, -0.2) is 0 Å². The molecule has 0 saturated heterocycles. The van der Waals surface area contributed by atoms with E-state index in [1.807, 2.05) is 19.1 Å². The number of carbonyl (C=O) groups excluding carboxylic acids is 1. The van der Waals surface area contributed by atoms with Crippen molar-refractivity contribution in [2.75, 3.05) is 14.1 Å². The molecule has 0 fully saturated rings. The number of likely N-dealkylation sites (N-methyl/N-ethyl adjacent to an activating group) is 2. The van der Waals surface area contributed by atoms with Gasteiger partial charge in [0, 0.05) is 26.0 Å². The zero-order valence-corrected chi connectivity index (χ0v) is 9.40. The number of hydrogen-bond acceptors (Lipinski definition) is 3. The summed E-state index contributed by atoms with van der Waals surface area (Å²) in [6.45, 7) is 2.47. The van der Waals surface area contributed by atoms with Gasteiger partial charge in [-0.15, -0.1) is 0 Å². The van der Waals surface area contributed by atoms with Gasteiger partial charge in [0.2, 0.25) is 5.91 Å². The van der Waals surface area contributed by atoms with Crippen LogP contribution in [0.5, 0.6) is 0 Å². The molecular formula is C11H17N3O. The molecule has 4 nitrogen and oxygen atoms in total. The molecule has 1 amide bonds. The van der Waals surface area contributed by atoms with Gasteiger partial charge in [0.25, 0.3) is 0 Å². The molecule has 0 aliphatic heterocycles. The van der Waals surface area contributed by atoms with Crippen LogP contribution in [0.15, 0.2) is 24.5 Å². The largest absolute Gasteiger partial charge is 0.340 e. The molecule has 1 aromatic heterocycles. The van der Waals surface area contributed by atoms with Gasteiger partial charge in [-0.05, 0) is 31.7 Å². The van der Waals surface area contributed by atoms with Gasteiger partial charge < -0.3 is 10.2 Å². The van der Waals surface area contributed by atoms with Crippen molar-refractivity contribution in [3.05, 3.63) is 30.1 Å². The van der Waals surface area contributed by atoms with Crippen molar-refractivity contribution in [2.24, 2.45) is 0 Å². The maximum atomic E-state index is 11.7. The third kappa shape index (κ3) is 3.32. The molecule has 0 spiro atoms. The Kier molecular flexibility index (Phi) is 4.24. The molecule has 1 heterocycles. The van der Waals surface area contributed by atoms with Crippen LogP contribution in [-0.4, -0.2) is 35.9 Å². The van der Waals surface area contributed by atoms with Crippen LogP contribution in [0.2, 0.25) is 0 Å². The summed E-state index contributed by atoms with van der Waals surface area (Å²) in [4.78, 5) is 17.4. The maximum absolute atomic E-state index is 11.7. The predicted octanol–water partition coefficient (Wildman–Crippen LogP) is 0.648. The molecule has 0 aliphatic rings. The number of nitrogens with one attached hydrogen (secondary N) is 1. The first kappa shape index (κ1) is 11.7. The lowest BCUT2D eigenvalue weighted by Crippen LogP contribution is -2.41. The second-order valence-corrected chi connectivity index (χ2v) is 3.56. The van der Waals surface area contributed by atoms with Crippen molar-refractivity contribution in [3.63, 3.8) is 0 Å². The third-order valence-electron chi connectivity index (χ3n) is 2.35. The first-order valence-corrected chi connectivity index (χ1v) is 4.96. The second-order valence-electron chi connectivity index (χ2n) is 3.56. The zero-order chi connectivity index (χ0) is 11.3. The average molecular weight is 207 g/mol. The van der Waals surface area contributed by atoms with E-state index in [9.17, 15) is 4.79 Å². The van der Waals surface area contributed by atoms with Gasteiger partial charge >= 0.3 is 0 Å². The Morgan fingerprint density at radius 3 is 2.67 bits per heavy atom. The van der Waals surface area contributed by atoms with Crippen LogP contribution in [0.25, 0.3) is 0 Å². The molecule has 0 aliphatic carbocycles. The minimum absolute atomic E-state index is 0.0920. The van der Waals surface area contributed by atoms with Crippen molar-refractivity contribution in [3.8, 4) is 0 Å². The maximum Gasteiger partial charge on any atom is 0.239 e. The van der Waals surface area contributed by atoms with E-state index in [0.717, 1.165) is 5.56 Å². The van der Waals surface area contributed by atoms with E-state index in [0.29, 0.717) is 6.54 Å². The van der Waals surface area contributed by atoms with E-state index in [4.69, 9.17) is 0 Å². The van der Waals surface area contributed by atoms with Gasteiger partial charge in [0.1, 0.15) is 0 Å². The zero-order valence-electron chi connectivity index (χ0n) is 9.40. The van der Waals surface area contributed by atoms with Crippen molar-refractivity contribution >= 4 is 5.91 Å². The highest BCUT2D eigenvalue weighted by molar-refractivity contribution is 5.81. The van der Waals surface area contributed by atoms with E-state index in [2.05, 4.69) is 10.3 Å². The summed E-state index contributed by atoms with van der Waals surface area (Å²) in [6, 6.07) is 3.68. The molecular weight excluding hydrogens is 190 g/mol. The van der Waals surface area contributed by atoms with Gasteiger partial charge in [0.15, 0.2) is 0 Å². The van der Waals surface area contributed by atoms with Crippen LogP contribution < -0.4 is 5.32 Å². The Bertz CT molecular complexity index is 313. The van der Waals surface area contributed by atoms with E-state index >= 15 is 0 Å². The lowest BCUT2D eigenvalue weighted by atomic mass is 10.2. The van der Waals surface area contributed by atoms with Gasteiger partial charge in [-0.2, -0.15) is 0 Å². The Morgan fingerprint density at radius 1 is 1.53 bits per heavy atom. The Morgan fingerprint density at radius 2 is 2.13 bits per heavy atom. The molecule has 1 aromatic rings. The molecule has 15 heavy (non-hydrogen) atoms. The first-order valence-electron chi connectivity index (χ1n) is 4.96. The van der Waals surface area contributed by atoms with Gasteiger partial charge in [-0.3, -0.25) is 9.78 Å². The minimum atomic E-state index is -0.142. The highest BCUT2D eigenvalue weighted by atomic mass is 16.2. The predicted molar refractivity (Wildman–Crippen MR) is 59.2 cm³/mol. The molecule has 0 aromatic carbocycles. The minimum Gasteiger partial charge on any atom is -0.340 e. The standard InChI is InChI=1S/C11H17N3O/c1-9(12-2)11(15)14(3)8-10-4-6-13-7-5-10/h4-7,9,12H,8H2,1-3H3. The number of nitrogens with zero attached hydrogens (tertiary/aromatic N) is 2.